The molecular formula is C25H26ClN3O4S. The number of sulfonamides is 1. The first-order valence-electron chi connectivity index (χ1n) is 10.5. The summed E-state index contributed by atoms with van der Waals surface area (Å²) in [4.78, 5) is 25.8. The number of amides is 2. The van der Waals surface area contributed by atoms with E-state index < -0.39 is 22.5 Å². The number of aryl methyl sites for hydroxylation is 1. The van der Waals surface area contributed by atoms with Crippen LogP contribution in [-0.4, -0.2) is 33.0 Å². The fourth-order valence-corrected chi connectivity index (χ4v) is 4.51. The zero-order valence-electron chi connectivity index (χ0n) is 19.1. The summed E-state index contributed by atoms with van der Waals surface area (Å²) >= 11 is 6.05. The highest BCUT2D eigenvalue weighted by Crippen LogP contribution is 2.26. The van der Waals surface area contributed by atoms with Crippen LogP contribution in [0.3, 0.4) is 0 Å². The van der Waals surface area contributed by atoms with Gasteiger partial charge in [-0.05, 0) is 49.2 Å². The zero-order chi connectivity index (χ0) is 24.9. The average molecular weight is 500 g/mol. The minimum Gasteiger partial charge on any atom is -0.345 e. The highest BCUT2D eigenvalue weighted by molar-refractivity contribution is 7.92. The second kappa shape index (κ2) is 10.7. The summed E-state index contributed by atoms with van der Waals surface area (Å²) in [7, 11) is -3.78. The van der Waals surface area contributed by atoms with E-state index in [0.29, 0.717) is 16.3 Å². The lowest BCUT2D eigenvalue weighted by molar-refractivity contribution is -0.114. The zero-order valence-corrected chi connectivity index (χ0v) is 20.7. The SMILES string of the molecule is Cc1ccc(Cl)cc1N(CC(=O)Nc1ccccc1C(=O)NC(C)c1ccccc1)S(C)(=O)=O. The molecule has 1 unspecified atom stereocenters. The summed E-state index contributed by atoms with van der Waals surface area (Å²) in [6.07, 6.45) is 1.02. The molecule has 0 heterocycles. The average Bonchev–Trinajstić information content (AvgIpc) is 2.79. The van der Waals surface area contributed by atoms with Crippen molar-refractivity contribution in [1.29, 1.82) is 0 Å². The van der Waals surface area contributed by atoms with Crippen molar-refractivity contribution in [2.75, 3.05) is 22.4 Å². The van der Waals surface area contributed by atoms with Crippen molar-refractivity contribution in [2.45, 2.75) is 19.9 Å². The number of para-hydroxylation sites is 1. The molecule has 0 aliphatic heterocycles. The van der Waals surface area contributed by atoms with Crippen molar-refractivity contribution >= 4 is 44.8 Å². The number of carbonyl (C=O) groups is 2. The summed E-state index contributed by atoms with van der Waals surface area (Å²) < 4.78 is 25.9. The van der Waals surface area contributed by atoms with Crippen LogP contribution in [0.4, 0.5) is 11.4 Å². The molecule has 34 heavy (non-hydrogen) atoms. The van der Waals surface area contributed by atoms with Gasteiger partial charge in [0.1, 0.15) is 6.54 Å². The topological polar surface area (TPSA) is 95.6 Å². The molecule has 0 aliphatic rings. The fourth-order valence-electron chi connectivity index (χ4n) is 3.44. The van der Waals surface area contributed by atoms with E-state index >= 15 is 0 Å². The molecule has 9 heteroatoms. The fraction of sp³-hybridized carbons (Fsp3) is 0.200. The number of anilines is 2. The largest absolute Gasteiger partial charge is 0.345 e. The number of hydrogen-bond acceptors (Lipinski definition) is 4. The molecule has 0 bridgehead atoms. The number of nitrogens with zero attached hydrogens (tertiary/aromatic N) is 1. The highest BCUT2D eigenvalue weighted by Gasteiger charge is 2.24. The third-order valence-corrected chi connectivity index (χ3v) is 6.58. The van der Waals surface area contributed by atoms with E-state index in [1.54, 1.807) is 43.3 Å². The Bertz CT molecular complexity index is 1300. The third kappa shape index (κ3) is 6.36. The van der Waals surface area contributed by atoms with Gasteiger partial charge in [0.2, 0.25) is 15.9 Å². The van der Waals surface area contributed by atoms with E-state index in [0.717, 1.165) is 16.1 Å². The Labute approximate surface area is 204 Å². The van der Waals surface area contributed by atoms with Gasteiger partial charge in [-0.3, -0.25) is 13.9 Å². The molecule has 2 N–H and O–H groups in total. The monoisotopic (exact) mass is 499 g/mol. The van der Waals surface area contributed by atoms with Crippen LogP contribution in [0.25, 0.3) is 0 Å². The van der Waals surface area contributed by atoms with E-state index in [9.17, 15) is 18.0 Å². The Kier molecular flexibility index (Phi) is 7.96. The second-order valence-corrected chi connectivity index (χ2v) is 10.2. The smallest absolute Gasteiger partial charge is 0.253 e. The lowest BCUT2D eigenvalue weighted by Gasteiger charge is -2.24. The molecule has 0 radical (unpaired) electrons. The molecule has 3 aromatic rings. The summed E-state index contributed by atoms with van der Waals surface area (Å²) in [6, 6.07) is 20.6. The van der Waals surface area contributed by atoms with Crippen LogP contribution in [-0.2, 0) is 14.8 Å². The van der Waals surface area contributed by atoms with Gasteiger partial charge in [-0.1, -0.05) is 60.1 Å². The predicted molar refractivity (Wildman–Crippen MR) is 136 cm³/mol. The number of carbonyl (C=O) groups excluding carboxylic acids is 2. The first-order chi connectivity index (χ1) is 16.1. The summed E-state index contributed by atoms with van der Waals surface area (Å²) in [5.41, 5.74) is 2.45. The number of nitrogens with one attached hydrogen (secondary N) is 2. The molecule has 2 amide bonds. The predicted octanol–water partition coefficient (Wildman–Crippen LogP) is 4.54. The maximum atomic E-state index is 12.9. The Morgan fingerprint density at radius 3 is 2.32 bits per heavy atom. The van der Waals surface area contributed by atoms with Gasteiger partial charge < -0.3 is 10.6 Å². The molecule has 3 aromatic carbocycles. The Balaban J connectivity index is 1.79. The number of hydrogen-bond donors (Lipinski definition) is 2. The van der Waals surface area contributed by atoms with Gasteiger partial charge in [-0.2, -0.15) is 0 Å². The van der Waals surface area contributed by atoms with Crippen molar-refractivity contribution in [3.05, 3.63) is 94.5 Å². The van der Waals surface area contributed by atoms with Crippen LogP contribution in [0.15, 0.2) is 72.8 Å². The van der Waals surface area contributed by atoms with Crippen LogP contribution in [0, 0.1) is 6.92 Å². The standard InChI is InChI=1S/C25H26ClN3O4S/c1-17-13-14-20(26)15-23(17)29(34(3,32)33)16-24(30)28-22-12-8-7-11-21(22)25(31)27-18(2)19-9-5-4-6-10-19/h4-15,18H,16H2,1-3H3,(H,27,31)(H,28,30). The minimum atomic E-state index is -3.78. The Morgan fingerprint density at radius 2 is 1.65 bits per heavy atom. The molecule has 0 aliphatic carbocycles. The number of halogens is 1. The molecule has 3 rings (SSSR count). The van der Waals surface area contributed by atoms with Crippen molar-refractivity contribution in [3.8, 4) is 0 Å². The number of benzene rings is 3. The molecule has 1 atom stereocenters. The van der Waals surface area contributed by atoms with E-state index in [4.69, 9.17) is 11.6 Å². The van der Waals surface area contributed by atoms with Crippen LogP contribution in [0.2, 0.25) is 5.02 Å². The van der Waals surface area contributed by atoms with Crippen molar-refractivity contribution < 1.29 is 18.0 Å². The molecular weight excluding hydrogens is 474 g/mol. The molecule has 0 saturated heterocycles. The Morgan fingerprint density at radius 1 is 1.00 bits per heavy atom. The number of rotatable bonds is 8. The summed E-state index contributed by atoms with van der Waals surface area (Å²) in [5.74, 6) is -0.959. The molecule has 0 fully saturated rings. The van der Waals surface area contributed by atoms with E-state index in [-0.39, 0.29) is 23.2 Å². The molecule has 0 saturated carbocycles. The van der Waals surface area contributed by atoms with Crippen LogP contribution in [0.5, 0.6) is 0 Å². The maximum absolute atomic E-state index is 12.9. The summed E-state index contributed by atoms with van der Waals surface area (Å²) in [6.45, 7) is 3.12. The maximum Gasteiger partial charge on any atom is 0.253 e. The van der Waals surface area contributed by atoms with E-state index in [1.165, 1.54) is 6.07 Å². The van der Waals surface area contributed by atoms with E-state index in [2.05, 4.69) is 10.6 Å². The van der Waals surface area contributed by atoms with Gasteiger partial charge in [0, 0.05) is 5.02 Å². The lowest BCUT2D eigenvalue weighted by atomic mass is 10.1. The second-order valence-electron chi connectivity index (χ2n) is 7.90. The molecule has 178 valence electrons. The highest BCUT2D eigenvalue weighted by atomic mass is 35.5. The first kappa shape index (κ1) is 25.3. The molecule has 7 nitrogen and oxygen atoms in total. The van der Waals surface area contributed by atoms with Gasteiger partial charge in [0.05, 0.1) is 29.2 Å². The quantitative estimate of drug-likeness (QED) is 0.475. The normalized spacial score (nSPS) is 12.0. The van der Waals surface area contributed by atoms with Gasteiger partial charge in [0.25, 0.3) is 5.91 Å². The third-order valence-electron chi connectivity index (χ3n) is 5.22. The van der Waals surface area contributed by atoms with Gasteiger partial charge in [-0.15, -0.1) is 0 Å². The first-order valence-corrected chi connectivity index (χ1v) is 12.8. The van der Waals surface area contributed by atoms with Crippen LogP contribution < -0.4 is 14.9 Å². The van der Waals surface area contributed by atoms with Crippen LogP contribution >= 0.6 is 11.6 Å². The Hall–Kier alpha value is -3.36. The van der Waals surface area contributed by atoms with E-state index in [1.807, 2.05) is 37.3 Å². The molecule has 0 spiro atoms. The van der Waals surface area contributed by atoms with Crippen molar-refractivity contribution in [2.24, 2.45) is 0 Å². The van der Waals surface area contributed by atoms with Crippen LogP contribution in [0.1, 0.15) is 34.5 Å². The lowest BCUT2D eigenvalue weighted by Crippen LogP contribution is -2.38. The molecule has 0 aromatic heterocycles. The van der Waals surface area contributed by atoms with Gasteiger partial charge >= 0.3 is 0 Å². The van der Waals surface area contributed by atoms with Crippen molar-refractivity contribution in [1.82, 2.24) is 5.32 Å². The van der Waals surface area contributed by atoms with Gasteiger partial charge in [-0.25, -0.2) is 8.42 Å². The van der Waals surface area contributed by atoms with Gasteiger partial charge in [0.15, 0.2) is 0 Å². The minimum absolute atomic E-state index is 0.246. The van der Waals surface area contributed by atoms with Crippen molar-refractivity contribution in [3.63, 3.8) is 0 Å². The summed E-state index contributed by atoms with van der Waals surface area (Å²) in [5, 5.41) is 5.94.